The van der Waals surface area contributed by atoms with Gasteiger partial charge in [0.1, 0.15) is 6.04 Å². The fraction of sp³-hybridized carbons (Fsp3) is 0.286. The molecule has 1 aromatic heterocycles. The standard InChI is InChI=1S/C21H21NO5S/c1-13-6-8-16(14(11-13)7-9-19(24)26-2)22-18(23)12-15(17-5-4-10-28-17)20(22)21(25)27-3/h4-11,15,20H,12H2,1-3H3/b9-7+/t15-,20+/m1/s1. The number of amides is 1. The Morgan fingerprint density at radius 2 is 2.00 bits per heavy atom. The summed E-state index contributed by atoms with van der Waals surface area (Å²) in [5, 5.41) is 1.92. The molecule has 2 atom stereocenters. The van der Waals surface area contributed by atoms with Crippen LogP contribution in [0.5, 0.6) is 0 Å². The van der Waals surface area contributed by atoms with Gasteiger partial charge in [-0.25, -0.2) is 9.59 Å². The number of carbonyl (C=O) groups is 3. The van der Waals surface area contributed by atoms with E-state index >= 15 is 0 Å². The molecule has 6 nitrogen and oxygen atoms in total. The van der Waals surface area contributed by atoms with E-state index in [4.69, 9.17) is 4.74 Å². The highest BCUT2D eigenvalue weighted by Gasteiger charge is 2.47. The molecule has 2 heterocycles. The second kappa shape index (κ2) is 8.39. The maximum Gasteiger partial charge on any atom is 0.330 e. The predicted octanol–water partition coefficient (Wildman–Crippen LogP) is 3.30. The Balaban J connectivity index is 2.08. The van der Waals surface area contributed by atoms with Gasteiger partial charge in [-0.2, -0.15) is 0 Å². The number of carbonyl (C=O) groups excluding carboxylic acids is 3. The highest BCUT2D eigenvalue weighted by Crippen LogP contribution is 2.41. The van der Waals surface area contributed by atoms with E-state index in [1.807, 2.05) is 36.6 Å². The lowest BCUT2D eigenvalue weighted by molar-refractivity contribution is -0.142. The van der Waals surface area contributed by atoms with Crippen LogP contribution in [0.3, 0.4) is 0 Å². The average molecular weight is 399 g/mol. The molecule has 7 heteroatoms. The molecule has 1 amide bonds. The minimum atomic E-state index is -0.760. The lowest BCUT2D eigenvalue weighted by atomic mass is 9.98. The molecule has 28 heavy (non-hydrogen) atoms. The van der Waals surface area contributed by atoms with Crippen molar-refractivity contribution in [1.82, 2.24) is 0 Å². The molecular weight excluding hydrogens is 378 g/mol. The summed E-state index contributed by atoms with van der Waals surface area (Å²) in [6.45, 7) is 1.91. The molecule has 0 bridgehead atoms. The van der Waals surface area contributed by atoms with Crippen LogP contribution in [-0.4, -0.2) is 38.1 Å². The first kappa shape index (κ1) is 19.8. The van der Waals surface area contributed by atoms with Crippen molar-refractivity contribution < 1.29 is 23.9 Å². The normalized spacial score (nSPS) is 19.2. The van der Waals surface area contributed by atoms with Gasteiger partial charge in [0.25, 0.3) is 0 Å². The summed E-state index contributed by atoms with van der Waals surface area (Å²) in [5.74, 6) is -1.40. The zero-order valence-corrected chi connectivity index (χ0v) is 16.7. The second-order valence-electron chi connectivity index (χ2n) is 6.48. The van der Waals surface area contributed by atoms with Gasteiger partial charge in [0.15, 0.2) is 0 Å². The van der Waals surface area contributed by atoms with E-state index in [2.05, 4.69) is 4.74 Å². The van der Waals surface area contributed by atoms with Gasteiger partial charge in [0.2, 0.25) is 5.91 Å². The zero-order valence-electron chi connectivity index (χ0n) is 15.9. The number of rotatable bonds is 5. The summed E-state index contributed by atoms with van der Waals surface area (Å²) < 4.78 is 9.67. The lowest BCUT2D eigenvalue weighted by Crippen LogP contribution is -2.42. The molecule has 0 saturated carbocycles. The van der Waals surface area contributed by atoms with Crippen LogP contribution < -0.4 is 4.90 Å². The van der Waals surface area contributed by atoms with E-state index < -0.39 is 18.0 Å². The van der Waals surface area contributed by atoms with Crippen molar-refractivity contribution in [3.63, 3.8) is 0 Å². The zero-order chi connectivity index (χ0) is 20.3. The summed E-state index contributed by atoms with van der Waals surface area (Å²) >= 11 is 1.51. The van der Waals surface area contributed by atoms with Gasteiger partial charge < -0.3 is 9.47 Å². The van der Waals surface area contributed by atoms with Gasteiger partial charge in [-0.3, -0.25) is 9.69 Å². The molecule has 1 aliphatic rings. The number of ether oxygens (including phenoxy) is 2. The first-order valence-corrected chi connectivity index (χ1v) is 9.64. The number of thiophene rings is 1. The van der Waals surface area contributed by atoms with Crippen molar-refractivity contribution in [3.8, 4) is 0 Å². The molecule has 146 valence electrons. The number of esters is 2. The Kier molecular flexibility index (Phi) is 5.94. The molecule has 0 radical (unpaired) electrons. The highest BCUT2D eigenvalue weighted by atomic mass is 32.1. The minimum Gasteiger partial charge on any atom is -0.467 e. The minimum absolute atomic E-state index is 0.162. The number of aryl methyl sites for hydroxylation is 1. The highest BCUT2D eigenvalue weighted by molar-refractivity contribution is 7.10. The van der Waals surface area contributed by atoms with Gasteiger partial charge in [0, 0.05) is 23.3 Å². The molecule has 0 N–H and O–H groups in total. The average Bonchev–Trinajstić information content (AvgIpc) is 3.33. The number of methoxy groups -OCH3 is 2. The monoisotopic (exact) mass is 399 g/mol. The van der Waals surface area contributed by atoms with Crippen LogP contribution in [0.25, 0.3) is 6.08 Å². The molecule has 1 aromatic carbocycles. The number of benzene rings is 1. The third-order valence-corrected chi connectivity index (χ3v) is 5.72. The van der Waals surface area contributed by atoms with Crippen LogP contribution in [0, 0.1) is 6.92 Å². The van der Waals surface area contributed by atoms with Crippen molar-refractivity contribution in [2.75, 3.05) is 19.1 Å². The topological polar surface area (TPSA) is 72.9 Å². The Bertz CT molecular complexity index is 919. The van der Waals surface area contributed by atoms with Crippen molar-refractivity contribution >= 4 is 40.9 Å². The van der Waals surface area contributed by atoms with Gasteiger partial charge in [-0.05, 0) is 42.1 Å². The Morgan fingerprint density at radius 3 is 2.64 bits per heavy atom. The third-order valence-electron chi connectivity index (χ3n) is 4.72. The molecule has 1 aliphatic heterocycles. The number of hydrogen-bond donors (Lipinski definition) is 0. The Labute approximate surface area is 167 Å². The number of hydrogen-bond acceptors (Lipinski definition) is 6. The Hall–Kier alpha value is -2.93. The smallest absolute Gasteiger partial charge is 0.330 e. The number of anilines is 1. The largest absolute Gasteiger partial charge is 0.467 e. The summed E-state index contributed by atoms with van der Waals surface area (Å²) in [6, 6.07) is 8.58. The molecule has 3 rings (SSSR count). The van der Waals surface area contributed by atoms with Gasteiger partial charge in [-0.15, -0.1) is 11.3 Å². The molecule has 0 unspecified atom stereocenters. The summed E-state index contributed by atoms with van der Waals surface area (Å²) in [7, 11) is 2.62. The van der Waals surface area contributed by atoms with Gasteiger partial charge in [-0.1, -0.05) is 17.7 Å². The summed E-state index contributed by atoms with van der Waals surface area (Å²) in [6.07, 6.45) is 3.10. The van der Waals surface area contributed by atoms with Crippen molar-refractivity contribution in [2.24, 2.45) is 0 Å². The van der Waals surface area contributed by atoms with E-state index in [-0.39, 0.29) is 18.2 Å². The summed E-state index contributed by atoms with van der Waals surface area (Å²) in [5.41, 5.74) is 2.18. The quantitative estimate of drug-likeness (QED) is 0.570. The second-order valence-corrected chi connectivity index (χ2v) is 7.46. The fourth-order valence-electron chi connectivity index (χ4n) is 3.42. The van der Waals surface area contributed by atoms with Crippen molar-refractivity contribution in [2.45, 2.75) is 25.3 Å². The molecule has 1 fully saturated rings. The van der Waals surface area contributed by atoms with E-state index in [0.29, 0.717) is 11.3 Å². The molecular formula is C21H21NO5S. The number of nitrogens with zero attached hydrogens (tertiary/aromatic N) is 1. The van der Waals surface area contributed by atoms with Crippen LogP contribution in [0.4, 0.5) is 5.69 Å². The first-order valence-electron chi connectivity index (χ1n) is 8.76. The SMILES string of the molecule is COC(=O)/C=C/c1cc(C)ccc1N1C(=O)C[C@H](c2cccs2)[C@H]1C(=O)OC. The van der Waals surface area contributed by atoms with Crippen LogP contribution in [0.15, 0.2) is 41.8 Å². The van der Waals surface area contributed by atoms with Crippen molar-refractivity contribution in [1.29, 1.82) is 0 Å². The van der Waals surface area contributed by atoms with E-state index in [1.54, 1.807) is 12.1 Å². The molecule has 2 aromatic rings. The molecule has 0 spiro atoms. The van der Waals surface area contributed by atoms with E-state index in [0.717, 1.165) is 10.4 Å². The lowest BCUT2D eigenvalue weighted by Gasteiger charge is -2.27. The first-order chi connectivity index (χ1) is 13.5. The van der Waals surface area contributed by atoms with E-state index in [1.165, 1.54) is 36.5 Å². The maximum atomic E-state index is 12.9. The molecule has 1 saturated heterocycles. The van der Waals surface area contributed by atoms with Crippen molar-refractivity contribution in [3.05, 3.63) is 57.8 Å². The summed E-state index contributed by atoms with van der Waals surface area (Å²) in [4.78, 5) is 39.6. The van der Waals surface area contributed by atoms with Crippen LogP contribution in [0.1, 0.15) is 28.3 Å². The van der Waals surface area contributed by atoms with E-state index in [9.17, 15) is 14.4 Å². The molecule has 0 aliphatic carbocycles. The maximum absolute atomic E-state index is 12.9. The van der Waals surface area contributed by atoms with Gasteiger partial charge >= 0.3 is 11.9 Å². The van der Waals surface area contributed by atoms with Crippen LogP contribution in [-0.2, 0) is 23.9 Å². The third kappa shape index (κ3) is 3.84. The fourth-order valence-corrected chi connectivity index (χ4v) is 4.28. The van der Waals surface area contributed by atoms with Crippen LogP contribution in [0.2, 0.25) is 0 Å². The van der Waals surface area contributed by atoms with Gasteiger partial charge in [0.05, 0.1) is 19.9 Å². The Morgan fingerprint density at radius 1 is 1.21 bits per heavy atom. The predicted molar refractivity (Wildman–Crippen MR) is 107 cm³/mol. The van der Waals surface area contributed by atoms with Crippen LogP contribution >= 0.6 is 11.3 Å².